The smallest absolute Gasteiger partial charge is 0.348 e. The van der Waals surface area contributed by atoms with Crippen molar-refractivity contribution < 1.29 is 9.90 Å². The number of fused-ring (bicyclic) bond motifs is 1. The number of nitrogens with zero attached hydrogens (tertiary/aromatic N) is 2. The van der Waals surface area contributed by atoms with Crippen molar-refractivity contribution in [2.45, 2.75) is 11.1 Å². The molecule has 0 aliphatic rings. The van der Waals surface area contributed by atoms with Gasteiger partial charge < -0.3 is 9.67 Å². The van der Waals surface area contributed by atoms with E-state index >= 15 is 0 Å². The van der Waals surface area contributed by atoms with Crippen molar-refractivity contribution in [3.63, 3.8) is 0 Å². The summed E-state index contributed by atoms with van der Waals surface area (Å²) in [7, 11) is 1.91. The van der Waals surface area contributed by atoms with E-state index in [2.05, 4.69) is 4.98 Å². The van der Waals surface area contributed by atoms with Crippen LogP contribution < -0.4 is 0 Å². The number of aromatic nitrogens is 2. The topological polar surface area (TPSA) is 55.1 Å². The van der Waals surface area contributed by atoms with Gasteiger partial charge in [-0.05, 0) is 13.2 Å². The predicted molar refractivity (Wildman–Crippen MR) is 62.1 cm³/mol. The van der Waals surface area contributed by atoms with Crippen LogP contribution in [0.4, 0.5) is 0 Å². The molecule has 2 aromatic heterocycles. The maximum absolute atomic E-state index is 11.0. The Bertz CT molecular complexity index is 542. The molecule has 0 atom stereocenters. The van der Waals surface area contributed by atoms with E-state index in [9.17, 15) is 4.79 Å². The van der Waals surface area contributed by atoms with Gasteiger partial charge >= 0.3 is 5.97 Å². The fourth-order valence-electron chi connectivity index (χ4n) is 1.47. The molecule has 2 heterocycles. The molecule has 0 aliphatic heterocycles. The molecule has 0 aromatic carbocycles. The van der Waals surface area contributed by atoms with Gasteiger partial charge in [-0.3, -0.25) is 0 Å². The SMILES string of the molecule is CSc1sc(C(=O)O)c2nc(C)n(C)c12. The summed E-state index contributed by atoms with van der Waals surface area (Å²) in [5.74, 6) is -0.0611. The number of aromatic carboxylic acids is 1. The summed E-state index contributed by atoms with van der Waals surface area (Å²) in [5, 5.41) is 9.04. The lowest BCUT2D eigenvalue weighted by atomic mass is 10.4. The van der Waals surface area contributed by atoms with E-state index in [1.807, 2.05) is 24.8 Å². The molecule has 0 unspecified atom stereocenters. The second kappa shape index (κ2) is 3.53. The highest BCUT2D eigenvalue weighted by molar-refractivity contribution is 8.00. The average molecular weight is 242 g/mol. The van der Waals surface area contributed by atoms with Crippen molar-refractivity contribution in [2.75, 3.05) is 6.26 Å². The van der Waals surface area contributed by atoms with Crippen LogP contribution in [0.3, 0.4) is 0 Å². The Balaban J connectivity index is 2.86. The van der Waals surface area contributed by atoms with Crippen LogP contribution >= 0.6 is 23.1 Å². The Labute approximate surface area is 94.9 Å². The van der Waals surface area contributed by atoms with E-state index in [1.54, 1.807) is 11.8 Å². The number of carboxylic acid groups (broad SMARTS) is 1. The molecule has 0 radical (unpaired) electrons. The number of aryl methyl sites for hydroxylation is 2. The zero-order valence-corrected chi connectivity index (χ0v) is 10.2. The van der Waals surface area contributed by atoms with Crippen molar-refractivity contribution in [3.8, 4) is 0 Å². The molecule has 1 N–H and O–H groups in total. The second-order valence-electron chi connectivity index (χ2n) is 3.14. The molecule has 0 amide bonds. The first-order valence-corrected chi connectivity index (χ1v) is 6.33. The van der Waals surface area contributed by atoms with Crippen LogP contribution in [0.25, 0.3) is 11.0 Å². The maximum atomic E-state index is 11.0. The monoisotopic (exact) mass is 242 g/mol. The van der Waals surface area contributed by atoms with Crippen molar-refractivity contribution in [2.24, 2.45) is 7.05 Å². The van der Waals surface area contributed by atoms with Crippen LogP contribution in [0, 0.1) is 6.92 Å². The van der Waals surface area contributed by atoms with Crippen molar-refractivity contribution >= 4 is 40.1 Å². The van der Waals surface area contributed by atoms with Crippen LogP contribution in [0.15, 0.2) is 4.21 Å². The van der Waals surface area contributed by atoms with Gasteiger partial charge in [0.25, 0.3) is 0 Å². The van der Waals surface area contributed by atoms with E-state index in [-0.39, 0.29) is 0 Å². The lowest BCUT2D eigenvalue weighted by molar-refractivity contribution is 0.0704. The van der Waals surface area contributed by atoms with Gasteiger partial charge in [0.15, 0.2) is 0 Å². The Morgan fingerprint density at radius 1 is 1.60 bits per heavy atom. The zero-order valence-electron chi connectivity index (χ0n) is 8.57. The first-order chi connectivity index (χ1) is 7.06. The highest BCUT2D eigenvalue weighted by Gasteiger charge is 2.21. The lowest BCUT2D eigenvalue weighted by Crippen LogP contribution is -1.92. The van der Waals surface area contributed by atoms with E-state index in [1.165, 1.54) is 11.3 Å². The Morgan fingerprint density at radius 3 is 2.80 bits per heavy atom. The highest BCUT2D eigenvalue weighted by atomic mass is 32.2. The number of rotatable bonds is 2. The predicted octanol–water partition coefficient (Wildman–Crippen LogP) is 2.36. The molecule has 0 saturated carbocycles. The minimum absolute atomic E-state index is 0.332. The van der Waals surface area contributed by atoms with Crippen LogP contribution in [0.1, 0.15) is 15.5 Å². The largest absolute Gasteiger partial charge is 0.477 e. The molecule has 0 fully saturated rings. The first kappa shape index (κ1) is 10.5. The van der Waals surface area contributed by atoms with Gasteiger partial charge in [0, 0.05) is 7.05 Å². The second-order valence-corrected chi connectivity index (χ2v) is 5.24. The summed E-state index contributed by atoms with van der Waals surface area (Å²) in [6, 6.07) is 0. The van der Waals surface area contributed by atoms with Crippen molar-refractivity contribution in [1.29, 1.82) is 0 Å². The third-order valence-electron chi connectivity index (χ3n) is 2.30. The number of thioether (sulfide) groups is 1. The van der Waals surface area contributed by atoms with Crippen molar-refractivity contribution in [1.82, 2.24) is 9.55 Å². The van der Waals surface area contributed by atoms with E-state index in [0.29, 0.717) is 10.4 Å². The van der Waals surface area contributed by atoms with Crippen LogP contribution in [0.5, 0.6) is 0 Å². The fraction of sp³-hybridized carbons (Fsp3) is 0.333. The molecule has 15 heavy (non-hydrogen) atoms. The van der Waals surface area contributed by atoms with Crippen LogP contribution in [-0.4, -0.2) is 26.9 Å². The van der Waals surface area contributed by atoms with Crippen LogP contribution in [-0.2, 0) is 7.05 Å². The number of thiophene rings is 1. The summed E-state index contributed by atoms with van der Waals surface area (Å²) >= 11 is 2.85. The molecule has 0 saturated heterocycles. The van der Waals surface area contributed by atoms with Gasteiger partial charge in [-0.25, -0.2) is 9.78 Å². The summed E-state index contributed by atoms with van der Waals surface area (Å²) in [5.41, 5.74) is 1.54. The molecule has 0 bridgehead atoms. The molecular weight excluding hydrogens is 232 g/mol. The summed E-state index contributed by atoms with van der Waals surface area (Å²) in [4.78, 5) is 15.6. The molecule has 0 spiro atoms. The van der Waals surface area contributed by atoms with Crippen molar-refractivity contribution in [3.05, 3.63) is 10.7 Å². The lowest BCUT2D eigenvalue weighted by Gasteiger charge is -1.96. The van der Waals surface area contributed by atoms with Gasteiger partial charge in [-0.1, -0.05) is 0 Å². The number of carbonyl (C=O) groups is 1. The Kier molecular flexibility index (Phi) is 2.47. The minimum Gasteiger partial charge on any atom is -0.477 e. The molecule has 2 rings (SSSR count). The number of carboxylic acids is 1. The first-order valence-electron chi connectivity index (χ1n) is 4.29. The minimum atomic E-state index is -0.900. The normalized spacial score (nSPS) is 11.1. The molecule has 4 nitrogen and oxygen atoms in total. The summed E-state index contributed by atoms with van der Waals surface area (Å²) in [6.07, 6.45) is 1.94. The van der Waals surface area contributed by atoms with Crippen LogP contribution in [0.2, 0.25) is 0 Å². The quantitative estimate of drug-likeness (QED) is 0.821. The van der Waals surface area contributed by atoms with Gasteiger partial charge in [0.2, 0.25) is 0 Å². The number of hydrogen-bond acceptors (Lipinski definition) is 4. The number of hydrogen-bond donors (Lipinski definition) is 1. The third kappa shape index (κ3) is 1.44. The summed E-state index contributed by atoms with van der Waals surface area (Å²) < 4.78 is 2.94. The third-order valence-corrected chi connectivity index (χ3v) is 4.57. The molecule has 6 heteroatoms. The number of imidazole rings is 1. The van der Waals surface area contributed by atoms with Gasteiger partial charge in [-0.15, -0.1) is 23.1 Å². The highest BCUT2D eigenvalue weighted by Crippen LogP contribution is 2.36. The Morgan fingerprint density at radius 2 is 2.27 bits per heavy atom. The van der Waals surface area contributed by atoms with E-state index in [0.717, 1.165) is 15.6 Å². The molecule has 0 aliphatic carbocycles. The van der Waals surface area contributed by atoms with Gasteiger partial charge in [-0.2, -0.15) is 0 Å². The summed E-state index contributed by atoms with van der Waals surface area (Å²) in [6.45, 7) is 1.88. The van der Waals surface area contributed by atoms with E-state index < -0.39 is 5.97 Å². The molecular formula is C9H10N2O2S2. The van der Waals surface area contributed by atoms with E-state index in [4.69, 9.17) is 5.11 Å². The maximum Gasteiger partial charge on any atom is 0.348 e. The standard InChI is InChI=1S/C9H10N2O2S2/c1-4-10-5-6(11(4)2)9(14-3)15-7(5)8(12)13/h1-3H3,(H,12,13). The van der Waals surface area contributed by atoms with Gasteiger partial charge in [0.1, 0.15) is 16.2 Å². The molecule has 2 aromatic rings. The van der Waals surface area contributed by atoms with Gasteiger partial charge in [0.05, 0.1) is 9.73 Å². The average Bonchev–Trinajstić information content (AvgIpc) is 2.66. The molecule has 80 valence electrons. The Hall–Kier alpha value is -1.01. The fourth-order valence-corrected chi connectivity index (χ4v) is 3.33. The zero-order chi connectivity index (χ0) is 11.2.